The molecule has 0 unspecified atom stereocenters. The first-order valence-corrected chi connectivity index (χ1v) is 9.95. The highest BCUT2D eigenvalue weighted by atomic mass is 35.5. The maximum absolute atomic E-state index is 12.8. The van der Waals surface area contributed by atoms with E-state index in [1.165, 1.54) is 0 Å². The van der Waals surface area contributed by atoms with Gasteiger partial charge in [-0.2, -0.15) is 13.2 Å². The minimum atomic E-state index is -4.50. The van der Waals surface area contributed by atoms with Crippen LogP contribution in [0.2, 0.25) is 5.02 Å². The fraction of sp³-hybridized carbons (Fsp3) is 0.300. The van der Waals surface area contributed by atoms with Gasteiger partial charge in [-0.1, -0.05) is 28.9 Å². The number of piperidine rings is 1. The van der Waals surface area contributed by atoms with E-state index in [2.05, 4.69) is 20.6 Å². The smallest absolute Gasteiger partial charge is 0.355 e. The molecule has 7 nitrogen and oxygen atoms in total. The third kappa shape index (κ3) is 4.63. The Hall–Kier alpha value is -3.14. The summed E-state index contributed by atoms with van der Waals surface area (Å²) < 4.78 is 40.0. The maximum Gasteiger partial charge on any atom is 0.417 e. The van der Waals surface area contributed by atoms with Crippen LogP contribution in [0.25, 0.3) is 5.69 Å². The number of carbonyl (C=O) groups is 1. The standard InChI is InChI=1S/C20H18ClF3N6O/c21-15-11-14(20(22,23)24)12-25-18(15)29-8-5-13(6-9-29)19(31)27-16-3-1-2-4-17(16)30-10-7-26-28-30/h1-4,7,10-13H,5-6,8-9H2,(H,27,31). The summed E-state index contributed by atoms with van der Waals surface area (Å²) in [5, 5.41) is 10.6. The predicted molar refractivity (Wildman–Crippen MR) is 109 cm³/mol. The van der Waals surface area contributed by atoms with E-state index in [4.69, 9.17) is 11.6 Å². The average Bonchev–Trinajstić information content (AvgIpc) is 3.28. The van der Waals surface area contributed by atoms with Gasteiger partial charge in [0.2, 0.25) is 5.91 Å². The van der Waals surface area contributed by atoms with E-state index in [1.54, 1.807) is 28.0 Å². The molecule has 0 spiro atoms. The molecular formula is C20H18ClF3N6O. The van der Waals surface area contributed by atoms with Crippen LogP contribution in [0.4, 0.5) is 24.7 Å². The van der Waals surface area contributed by atoms with Crippen molar-refractivity contribution in [1.82, 2.24) is 20.0 Å². The lowest BCUT2D eigenvalue weighted by molar-refractivity contribution is -0.137. The summed E-state index contributed by atoms with van der Waals surface area (Å²) >= 11 is 6.04. The maximum atomic E-state index is 12.8. The molecule has 1 aliphatic heterocycles. The van der Waals surface area contributed by atoms with Gasteiger partial charge in [0.1, 0.15) is 5.82 Å². The van der Waals surface area contributed by atoms with Gasteiger partial charge in [0.15, 0.2) is 0 Å². The summed E-state index contributed by atoms with van der Waals surface area (Å²) in [6.45, 7) is 0.918. The molecular weight excluding hydrogens is 433 g/mol. The van der Waals surface area contributed by atoms with Crippen molar-refractivity contribution in [3.63, 3.8) is 0 Å². The van der Waals surface area contributed by atoms with Crippen LogP contribution >= 0.6 is 11.6 Å². The number of amides is 1. The van der Waals surface area contributed by atoms with Gasteiger partial charge in [0.25, 0.3) is 0 Å². The van der Waals surface area contributed by atoms with Gasteiger partial charge in [-0.05, 0) is 31.0 Å². The first-order chi connectivity index (χ1) is 14.8. The Morgan fingerprint density at radius 1 is 1.19 bits per heavy atom. The summed E-state index contributed by atoms with van der Waals surface area (Å²) in [5.41, 5.74) is 0.431. The number of nitrogens with one attached hydrogen (secondary N) is 1. The highest BCUT2D eigenvalue weighted by Gasteiger charge is 2.33. The number of halogens is 4. The molecule has 0 bridgehead atoms. The molecule has 1 saturated heterocycles. The number of hydrogen-bond acceptors (Lipinski definition) is 5. The van der Waals surface area contributed by atoms with E-state index in [9.17, 15) is 18.0 Å². The Balaban J connectivity index is 1.40. The zero-order valence-electron chi connectivity index (χ0n) is 16.2. The Labute approximate surface area is 180 Å². The van der Waals surface area contributed by atoms with Gasteiger partial charge < -0.3 is 10.2 Å². The van der Waals surface area contributed by atoms with Crippen LogP contribution in [0, 0.1) is 5.92 Å². The molecule has 1 aromatic carbocycles. The van der Waals surface area contributed by atoms with Crippen molar-refractivity contribution in [3.8, 4) is 5.69 Å². The van der Waals surface area contributed by atoms with E-state index >= 15 is 0 Å². The molecule has 31 heavy (non-hydrogen) atoms. The molecule has 1 N–H and O–H groups in total. The van der Waals surface area contributed by atoms with Gasteiger partial charge >= 0.3 is 6.18 Å². The van der Waals surface area contributed by atoms with Crippen molar-refractivity contribution >= 4 is 29.0 Å². The zero-order chi connectivity index (χ0) is 22.0. The number of hydrogen-bond donors (Lipinski definition) is 1. The fourth-order valence-corrected chi connectivity index (χ4v) is 3.81. The summed E-state index contributed by atoms with van der Waals surface area (Å²) in [6, 6.07) is 8.15. The molecule has 0 aliphatic carbocycles. The van der Waals surface area contributed by atoms with Crippen LogP contribution in [-0.2, 0) is 11.0 Å². The molecule has 3 heterocycles. The Kier molecular flexibility index (Phi) is 5.81. The number of carbonyl (C=O) groups excluding carboxylic acids is 1. The fourth-order valence-electron chi connectivity index (χ4n) is 3.52. The molecule has 162 valence electrons. The van der Waals surface area contributed by atoms with Crippen LogP contribution in [0.5, 0.6) is 0 Å². The zero-order valence-corrected chi connectivity index (χ0v) is 16.9. The van der Waals surface area contributed by atoms with E-state index in [0.717, 1.165) is 12.3 Å². The summed E-state index contributed by atoms with van der Waals surface area (Å²) in [7, 11) is 0. The highest BCUT2D eigenvalue weighted by molar-refractivity contribution is 6.33. The van der Waals surface area contributed by atoms with Gasteiger partial charge in [-0.3, -0.25) is 4.79 Å². The second kappa shape index (κ2) is 8.54. The van der Waals surface area contributed by atoms with Gasteiger partial charge in [-0.15, -0.1) is 5.10 Å². The molecule has 11 heteroatoms. The number of nitrogens with zero attached hydrogens (tertiary/aromatic N) is 5. The number of para-hydroxylation sites is 2. The molecule has 2 aromatic heterocycles. The van der Waals surface area contributed by atoms with Crippen LogP contribution in [0.3, 0.4) is 0 Å². The Morgan fingerprint density at radius 2 is 1.94 bits per heavy atom. The molecule has 1 fully saturated rings. The molecule has 3 aromatic rings. The lowest BCUT2D eigenvalue weighted by atomic mass is 9.95. The number of anilines is 2. The lowest BCUT2D eigenvalue weighted by Gasteiger charge is -2.32. The first-order valence-electron chi connectivity index (χ1n) is 9.57. The summed E-state index contributed by atoms with van der Waals surface area (Å²) in [4.78, 5) is 18.5. The van der Waals surface area contributed by atoms with Crippen molar-refractivity contribution < 1.29 is 18.0 Å². The van der Waals surface area contributed by atoms with Gasteiger partial charge in [0.05, 0.1) is 34.4 Å². The van der Waals surface area contributed by atoms with Crippen LogP contribution in [0.15, 0.2) is 48.9 Å². The average molecular weight is 451 g/mol. The second-order valence-corrected chi connectivity index (χ2v) is 7.55. The van der Waals surface area contributed by atoms with Crippen molar-refractivity contribution in [2.75, 3.05) is 23.3 Å². The van der Waals surface area contributed by atoms with Crippen molar-refractivity contribution in [3.05, 3.63) is 59.5 Å². The van der Waals surface area contributed by atoms with Crippen LogP contribution in [0.1, 0.15) is 18.4 Å². The molecule has 1 amide bonds. The van der Waals surface area contributed by atoms with Crippen molar-refractivity contribution in [1.29, 1.82) is 0 Å². The van der Waals surface area contributed by atoms with Crippen LogP contribution in [-0.4, -0.2) is 39.0 Å². The Bertz CT molecular complexity index is 1070. The molecule has 0 atom stereocenters. The van der Waals surface area contributed by atoms with Crippen molar-refractivity contribution in [2.45, 2.75) is 19.0 Å². The minimum absolute atomic E-state index is 0.0560. The summed E-state index contributed by atoms with van der Waals surface area (Å²) in [6.07, 6.45) is 0.565. The molecule has 4 rings (SSSR count). The number of aromatic nitrogens is 4. The summed E-state index contributed by atoms with van der Waals surface area (Å²) in [5.74, 6) is -0.0722. The third-order valence-electron chi connectivity index (χ3n) is 5.15. The first kappa shape index (κ1) is 21.1. The number of rotatable bonds is 4. The molecule has 0 radical (unpaired) electrons. The number of pyridine rings is 1. The number of alkyl halides is 3. The monoisotopic (exact) mass is 450 g/mol. The van der Waals surface area contributed by atoms with E-state index in [0.29, 0.717) is 43.1 Å². The largest absolute Gasteiger partial charge is 0.417 e. The minimum Gasteiger partial charge on any atom is -0.355 e. The SMILES string of the molecule is O=C(Nc1ccccc1-n1ccnn1)C1CCN(c2ncc(C(F)(F)F)cc2Cl)CC1. The second-order valence-electron chi connectivity index (χ2n) is 7.14. The van der Waals surface area contributed by atoms with E-state index < -0.39 is 11.7 Å². The number of benzene rings is 1. The normalized spacial score (nSPS) is 15.2. The van der Waals surface area contributed by atoms with E-state index in [1.807, 2.05) is 18.2 Å². The van der Waals surface area contributed by atoms with Crippen molar-refractivity contribution in [2.24, 2.45) is 5.92 Å². The lowest BCUT2D eigenvalue weighted by Crippen LogP contribution is -2.38. The quantitative estimate of drug-likeness (QED) is 0.645. The van der Waals surface area contributed by atoms with E-state index in [-0.39, 0.29) is 16.8 Å². The third-order valence-corrected chi connectivity index (χ3v) is 5.42. The predicted octanol–water partition coefficient (Wildman–Crippen LogP) is 4.19. The highest BCUT2D eigenvalue weighted by Crippen LogP contribution is 2.35. The topological polar surface area (TPSA) is 75.9 Å². The Morgan fingerprint density at radius 3 is 2.58 bits per heavy atom. The van der Waals surface area contributed by atoms with Gasteiger partial charge in [-0.25, -0.2) is 9.67 Å². The molecule has 0 saturated carbocycles. The van der Waals surface area contributed by atoms with Crippen LogP contribution < -0.4 is 10.2 Å². The van der Waals surface area contributed by atoms with Gasteiger partial charge in [0, 0.05) is 25.2 Å². The molecule has 1 aliphatic rings.